The average Bonchev–Trinajstić information content (AvgIpc) is 2.35. The quantitative estimate of drug-likeness (QED) is 0.876. The summed E-state index contributed by atoms with van der Waals surface area (Å²) in [5.74, 6) is 0.117. The Hall–Kier alpha value is -1.35. The Balaban J connectivity index is 1.94. The van der Waals surface area contributed by atoms with Crippen molar-refractivity contribution in [1.29, 1.82) is 0 Å². The minimum atomic E-state index is -0.0777. The molecule has 1 saturated heterocycles. The first-order valence-corrected chi connectivity index (χ1v) is 7.06. The van der Waals surface area contributed by atoms with Crippen molar-refractivity contribution in [2.24, 2.45) is 5.41 Å². The lowest BCUT2D eigenvalue weighted by Gasteiger charge is -2.38. The molecular formula is C16H24N2O. The summed E-state index contributed by atoms with van der Waals surface area (Å²) in [6, 6.07) is 8.18. The lowest BCUT2D eigenvalue weighted by atomic mass is 9.77. The lowest BCUT2D eigenvalue weighted by Crippen LogP contribution is -2.55. The second-order valence-electron chi connectivity index (χ2n) is 6.19. The van der Waals surface area contributed by atoms with Crippen LogP contribution < -0.4 is 10.6 Å². The molecule has 2 rings (SSSR count). The van der Waals surface area contributed by atoms with E-state index in [0.29, 0.717) is 6.54 Å². The third-order valence-corrected chi connectivity index (χ3v) is 3.94. The van der Waals surface area contributed by atoms with Crippen LogP contribution >= 0.6 is 0 Å². The van der Waals surface area contributed by atoms with E-state index in [1.54, 1.807) is 0 Å². The van der Waals surface area contributed by atoms with Crippen LogP contribution in [0.25, 0.3) is 0 Å². The van der Waals surface area contributed by atoms with E-state index >= 15 is 0 Å². The molecule has 0 aliphatic carbocycles. The highest BCUT2D eigenvalue weighted by Gasteiger charge is 2.36. The van der Waals surface area contributed by atoms with Crippen LogP contribution in [-0.2, 0) is 11.3 Å². The number of piperidine rings is 1. The number of benzene rings is 1. The molecule has 1 aliphatic rings. The largest absolute Gasteiger partial charge is 0.351 e. The number of carbonyl (C=O) groups is 1. The first-order chi connectivity index (χ1) is 8.99. The average molecular weight is 260 g/mol. The molecule has 0 spiro atoms. The molecule has 1 aliphatic heterocycles. The maximum Gasteiger partial charge on any atom is 0.237 e. The van der Waals surface area contributed by atoms with Gasteiger partial charge in [0, 0.05) is 6.54 Å². The van der Waals surface area contributed by atoms with Gasteiger partial charge in [-0.1, -0.05) is 43.7 Å². The fraction of sp³-hybridized carbons (Fsp3) is 0.562. The molecule has 1 fully saturated rings. The minimum Gasteiger partial charge on any atom is -0.351 e. The highest BCUT2D eigenvalue weighted by molar-refractivity contribution is 5.82. The van der Waals surface area contributed by atoms with E-state index in [-0.39, 0.29) is 17.4 Å². The van der Waals surface area contributed by atoms with Gasteiger partial charge in [-0.15, -0.1) is 0 Å². The van der Waals surface area contributed by atoms with Gasteiger partial charge in [0.1, 0.15) is 0 Å². The van der Waals surface area contributed by atoms with Gasteiger partial charge in [-0.3, -0.25) is 4.79 Å². The van der Waals surface area contributed by atoms with Gasteiger partial charge < -0.3 is 10.6 Å². The summed E-state index contributed by atoms with van der Waals surface area (Å²) in [4.78, 5) is 12.3. The zero-order valence-corrected chi connectivity index (χ0v) is 12.1. The van der Waals surface area contributed by atoms with Crippen LogP contribution in [-0.4, -0.2) is 18.5 Å². The van der Waals surface area contributed by atoms with Crippen molar-refractivity contribution in [1.82, 2.24) is 10.6 Å². The van der Waals surface area contributed by atoms with Crippen LogP contribution in [0.1, 0.15) is 37.8 Å². The highest BCUT2D eigenvalue weighted by Crippen LogP contribution is 2.30. The molecule has 0 radical (unpaired) electrons. The maximum atomic E-state index is 12.3. The Bertz CT molecular complexity index is 454. The van der Waals surface area contributed by atoms with E-state index in [9.17, 15) is 4.79 Å². The Morgan fingerprint density at radius 3 is 2.95 bits per heavy atom. The van der Waals surface area contributed by atoms with Crippen LogP contribution in [0.2, 0.25) is 0 Å². The summed E-state index contributed by atoms with van der Waals surface area (Å²) < 4.78 is 0. The predicted molar refractivity (Wildman–Crippen MR) is 77.8 cm³/mol. The Labute approximate surface area is 115 Å². The summed E-state index contributed by atoms with van der Waals surface area (Å²) in [7, 11) is 0. The van der Waals surface area contributed by atoms with E-state index in [1.807, 2.05) is 12.1 Å². The SMILES string of the molecule is Cc1cccc(CNC(=O)C2NCCCC2(C)C)c1. The van der Waals surface area contributed by atoms with Gasteiger partial charge in [0.05, 0.1) is 6.04 Å². The van der Waals surface area contributed by atoms with Gasteiger partial charge in [-0.25, -0.2) is 0 Å². The van der Waals surface area contributed by atoms with Gasteiger partial charge >= 0.3 is 0 Å². The molecule has 0 saturated carbocycles. The second kappa shape index (κ2) is 5.74. The molecule has 0 aromatic heterocycles. The number of aryl methyl sites for hydroxylation is 1. The number of hydrogen-bond acceptors (Lipinski definition) is 2. The predicted octanol–water partition coefficient (Wildman–Crippen LogP) is 2.39. The van der Waals surface area contributed by atoms with Crippen molar-refractivity contribution in [2.75, 3.05) is 6.54 Å². The molecule has 1 amide bonds. The summed E-state index contributed by atoms with van der Waals surface area (Å²) >= 11 is 0. The summed E-state index contributed by atoms with van der Waals surface area (Å²) in [5, 5.41) is 6.39. The molecule has 3 heteroatoms. The number of hydrogen-bond donors (Lipinski definition) is 2. The molecule has 104 valence electrons. The van der Waals surface area contributed by atoms with E-state index in [0.717, 1.165) is 24.9 Å². The molecule has 0 bridgehead atoms. The summed E-state index contributed by atoms with van der Waals surface area (Å²) in [5.41, 5.74) is 2.42. The molecule has 1 heterocycles. The van der Waals surface area contributed by atoms with Crippen LogP contribution in [0.5, 0.6) is 0 Å². The Morgan fingerprint density at radius 2 is 2.26 bits per heavy atom. The van der Waals surface area contributed by atoms with Crippen molar-refractivity contribution in [2.45, 2.75) is 46.2 Å². The van der Waals surface area contributed by atoms with Crippen molar-refractivity contribution in [3.05, 3.63) is 35.4 Å². The monoisotopic (exact) mass is 260 g/mol. The first kappa shape index (κ1) is 14.1. The summed E-state index contributed by atoms with van der Waals surface area (Å²) in [6.45, 7) is 7.93. The van der Waals surface area contributed by atoms with Crippen LogP contribution in [0, 0.1) is 12.3 Å². The van der Waals surface area contributed by atoms with Crippen molar-refractivity contribution in [3.8, 4) is 0 Å². The molecular weight excluding hydrogens is 236 g/mol. The van der Waals surface area contributed by atoms with Gasteiger partial charge in [-0.05, 0) is 37.3 Å². The Morgan fingerprint density at radius 1 is 1.47 bits per heavy atom. The van der Waals surface area contributed by atoms with Gasteiger partial charge in [-0.2, -0.15) is 0 Å². The van der Waals surface area contributed by atoms with Crippen LogP contribution in [0.4, 0.5) is 0 Å². The molecule has 3 nitrogen and oxygen atoms in total. The zero-order chi connectivity index (χ0) is 13.9. The minimum absolute atomic E-state index is 0.0366. The van der Waals surface area contributed by atoms with Gasteiger partial charge in [0.2, 0.25) is 5.91 Å². The Kier molecular flexibility index (Phi) is 4.25. The second-order valence-corrected chi connectivity index (χ2v) is 6.19. The normalized spacial score (nSPS) is 21.9. The van der Waals surface area contributed by atoms with Gasteiger partial charge in [0.25, 0.3) is 0 Å². The van der Waals surface area contributed by atoms with Crippen LogP contribution in [0.15, 0.2) is 24.3 Å². The van der Waals surface area contributed by atoms with E-state index in [4.69, 9.17) is 0 Å². The third-order valence-electron chi connectivity index (χ3n) is 3.94. The molecule has 1 atom stereocenters. The van der Waals surface area contributed by atoms with E-state index in [1.165, 1.54) is 5.56 Å². The van der Waals surface area contributed by atoms with Crippen molar-refractivity contribution < 1.29 is 4.79 Å². The molecule has 2 N–H and O–H groups in total. The lowest BCUT2D eigenvalue weighted by molar-refractivity contribution is -0.126. The van der Waals surface area contributed by atoms with Crippen LogP contribution in [0.3, 0.4) is 0 Å². The molecule has 1 aromatic rings. The molecule has 1 aromatic carbocycles. The maximum absolute atomic E-state index is 12.3. The highest BCUT2D eigenvalue weighted by atomic mass is 16.2. The smallest absolute Gasteiger partial charge is 0.237 e. The van der Waals surface area contributed by atoms with E-state index < -0.39 is 0 Å². The molecule has 19 heavy (non-hydrogen) atoms. The number of amides is 1. The first-order valence-electron chi connectivity index (χ1n) is 7.06. The fourth-order valence-corrected chi connectivity index (χ4v) is 2.77. The number of rotatable bonds is 3. The summed E-state index contributed by atoms with van der Waals surface area (Å²) in [6.07, 6.45) is 2.25. The molecule has 1 unspecified atom stereocenters. The fourth-order valence-electron chi connectivity index (χ4n) is 2.77. The van der Waals surface area contributed by atoms with Gasteiger partial charge in [0.15, 0.2) is 0 Å². The topological polar surface area (TPSA) is 41.1 Å². The van der Waals surface area contributed by atoms with Crippen molar-refractivity contribution in [3.63, 3.8) is 0 Å². The number of nitrogens with one attached hydrogen (secondary N) is 2. The standard InChI is InChI=1S/C16H24N2O/c1-12-6-4-7-13(10-12)11-18-15(19)14-16(2,3)8-5-9-17-14/h4,6-7,10,14,17H,5,8-9,11H2,1-3H3,(H,18,19). The van der Waals surface area contributed by atoms with E-state index in [2.05, 4.69) is 43.5 Å². The number of carbonyl (C=O) groups excluding carboxylic acids is 1. The zero-order valence-electron chi connectivity index (χ0n) is 12.1. The third kappa shape index (κ3) is 3.57. The van der Waals surface area contributed by atoms with Crippen molar-refractivity contribution >= 4 is 5.91 Å².